The second-order valence-electron chi connectivity index (χ2n) is 8.15. The van der Waals surface area contributed by atoms with Gasteiger partial charge in [0, 0.05) is 6.42 Å². The lowest BCUT2D eigenvalue weighted by Gasteiger charge is -2.04. The van der Waals surface area contributed by atoms with E-state index in [9.17, 15) is 4.79 Å². The Bertz CT molecular complexity index is 557. The van der Waals surface area contributed by atoms with Gasteiger partial charge in [-0.15, -0.1) is 0 Å². The minimum atomic E-state index is -0.0653. The van der Waals surface area contributed by atoms with Gasteiger partial charge in [-0.25, -0.2) is 0 Å². The fourth-order valence-corrected chi connectivity index (χ4v) is 2.93. The van der Waals surface area contributed by atoms with E-state index in [2.05, 4.69) is 70.2 Å². The molecule has 0 unspecified atom stereocenters. The predicted molar refractivity (Wildman–Crippen MR) is 133 cm³/mol. The average Bonchev–Trinajstić information content (AvgIpc) is 2.70. The molecular formula is C28H46O2. The van der Waals surface area contributed by atoms with E-state index in [1.807, 2.05) is 6.08 Å². The summed E-state index contributed by atoms with van der Waals surface area (Å²) in [7, 11) is 0. The molecular weight excluding hydrogens is 368 g/mol. The molecule has 0 aromatic heterocycles. The first-order valence-corrected chi connectivity index (χ1v) is 12.0. The van der Waals surface area contributed by atoms with Crippen LogP contribution in [0.5, 0.6) is 0 Å². The van der Waals surface area contributed by atoms with Crippen LogP contribution in [0.3, 0.4) is 0 Å². The summed E-state index contributed by atoms with van der Waals surface area (Å²) >= 11 is 0. The molecule has 0 heterocycles. The molecule has 0 bridgehead atoms. The standard InChI is InChI=1S/C28H46O2/c1-5-6-7-8-9-10-11-12-13-14-15-16-17-18-19-23-28(29)30-25-24-27(4)22-20-21-26(2)3/h6-7,9-10,12-13,21,24H,5,8,11,14-20,22-23,25H2,1-4H3/b7-6-,10-9-,13-12-,27-24+. The summed E-state index contributed by atoms with van der Waals surface area (Å²) in [6.45, 7) is 8.91. The van der Waals surface area contributed by atoms with Crippen LogP contribution in [0, 0.1) is 0 Å². The van der Waals surface area contributed by atoms with Gasteiger partial charge in [0.1, 0.15) is 6.61 Å². The Labute approximate surface area is 186 Å². The largest absolute Gasteiger partial charge is 0.461 e. The maximum Gasteiger partial charge on any atom is 0.306 e. The van der Waals surface area contributed by atoms with Crippen molar-refractivity contribution in [1.82, 2.24) is 0 Å². The van der Waals surface area contributed by atoms with Gasteiger partial charge in [0.15, 0.2) is 0 Å². The molecule has 0 fully saturated rings. The van der Waals surface area contributed by atoms with Gasteiger partial charge in [-0.3, -0.25) is 4.79 Å². The van der Waals surface area contributed by atoms with Gasteiger partial charge < -0.3 is 4.74 Å². The van der Waals surface area contributed by atoms with Crippen LogP contribution in [0.15, 0.2) is 59.8 Å². The molecule has 0 aliphatic heterocycles. The Kier molecular flexibility index (Phi) is 20.5. The first-order chi connectivity index (χ1) is 14.6. The summed E-state index contributed by atoms with van der Waals surface area (Å²) < 4.78 is 5.31. The van der Waals surface area contributed by atoms with Crippen LogP contribution in [0.2, 0.25) is 0 Å². The van der Waals surface area contributed by atoms with E-state index >= 15 is 0 Å². The van der Waals surface area contributed by atoms with Gasteiger partial charge in [0.2, 0.25) is 0 Å². The number of unbranched alkanes of at least 4 members (excludes halogenated alkanes) is 5. The minimum absolute atomic E-state index is 0.0653. The van der Waals surface area contributed by atoms with E-state index in [1.165, 1.54) is 30.4 Å². The summed E-state index contributed by atoms with van der Waals surface area (Å²) in [6, 6.07) is 0. The molecule has 0 atom stereocenters. The van der Waals surface area contributed by atoms with Crippen LogP contribution < -0.4 is 0 Å². The number of carbonyl (C=O) groups excluding carboxylic acids is 1. The van der Waals surface area contributed by atoms with Gasteiger partial charge in [-0.2, -0.15) is 0 Å². The molecule has 0 aromatic rings. The molecule has 170 valence electrons. The molecule has 2 nitrogen and oxygen atoms in total. The van der Waals surface area contributed by atoms with Crippen molar-refractivity contribution >= 4 is 5.97 Å². The van der Waals surface area contributed by atoms with Crippen LogP contribution >= 0.6 is 0 Å². The summed E-state index contributed by atoms with van der Waals surface area (Å²) in [5, 5.41) is 0. The summed E-state index contributed by atoms with van der Waals surface area (Å²) in [6.07, 6.45) is 30.4. The van der Waals surface area contributed by atoms with E-state index in [-0.39, 0.29) is 5.97 Å². The predicted octanol–water partition coefficient (Wildman–Crippen LogP) is 8.81. The summed E-state index contributed by atoms with van der Waals surface area (Å²) in [5.41, 5.74) is 2.64. The van der Waals surface area contributed by atoms with E-state index in [0.29, 0.717) is 13.0 Å². The SMILES string of the molecule is CC/C=C\C/C=C\C/C=C\CCCCCCCC(=O)OC/C=C(\C)CCC=C(C)C. The first-order valence-electron chi connectivity index (χ1n) is 12.0. The number of rotatable bonds is 18. The lowest BCUT2D eigenvalue weighted by Crippen LogP contribution is -2.04. The molecule has 2 heteroatoms. The number of hydrogen-bond acceptors (Lipinski definition) is 2. The fraction of sp³-hybridized carbons (Fsp3) is 0.607. The minimum Gasteiger partial charge on any atom is -0.461 e. The third kappa shape index (κ3) is 22.5. The van der Waals surface area contributed by atoms with Crippen molar-refractivity contribution in [2.45, 2.75) is 105 Å². The van der Waals surface area contributed by atoms with Crippen LogP contribution in [0.25, 0.3) is 0 Å². The topological polar surface area (TPSA) is 26.3 Å². The molecule has 0 saturated carbocycles. The number of carbonyl (C=O) groups is 1. The molecule has 0 saturated heterocycles. The Hall–Kier alpha value is -1.83. The van der Waals surface area contributed by atoms with Crippen molar-refractivity contribution in [1.29, 1.82) is 0 Å². The monoisotopic (exact) mass is 414 g/mol. The lowest BCUT2D eigenvalue weighted by atomic mass is 10.1. The zero-order chi connectivity index (χ0) is 22.3. The highest BCUT2D eigenvalue weighted by atomic mass is 16.5. The van der Waals surface area contributed by atoms with E-state index in [1.54, 1.807) is 0 Å². The fourth-order valence-electron chi connectivity index (χ4n) is 2.93. The molecule has 0 N–H and O–H groups in total. The maximum atomic E-state index is 11.8. The number of ether oxygens (including phenoxy) is 1. The quantitative estimate of drug-likeness (QED) is 0.127. The van der Waals surface area contributed by atoms with Gasteiger partial charge in [0.25, 0.3) is 0 Å². The molecule has 0 radical (unpaired) electrons. The molecule has 0 aliphatic carbocycles. The van der Waals surface area contributed by atoms with Gasteiger partial charge in [-0.1, -0.05) is 79.9 Å². The first kappa shape index (κ1) is 28.2. The highest BCUT2D eigenvalue weighted by molar-refractivity contribution is 5.69. The maximum absolute atomic E-state index is 11.8. The Balaban J connectivity index is 3.51. The van der Waals surface area contributed by atoms with Gasteiger partial charge in [0.05, 0.1) is 0 Å². The Morgan fingerprint density at radius 1 is 0.700 bits per heavy atom. The van der Waals surface area contributed by atoms with Crippen molar-refractivity contribution in [3.8, 4) is 0 Å². The average molecular weight is 415 g/mol. The second kappa shape index (κ2) is 21.9. The van der Waals surface area contributed by atoms with Crippen molar-refractivity contribution in [2.24, 2.45) is 0 Å². The van der Waals surface area contributed by atoms with Crippen molar-refractivity contribution in [3.05, 3.63) is 59.8 Å². The zero-order valence-corrected chi connectivity index (χ0v) is 20.1. The number of esters is 1. The smallest absolute Gasteiger partial charge is 0.306 e. The lowest BCUT2D eigenvalue weighted by molar-refractivity contribution is -0.142. The molecule has 0 rings (SSSR count). The Morgan fingerprint density at radius 2 is 1.33 bits per heavy atom. The third-order valence-electron chi connectivity index (χ3n) is 4.80. The molecule has 30 heavy (non-hydrogen) atoms. The normalized spacial score (nSPS) is 12.3. The highest BCUT2D eigenvalue weighted by Crippen LogP contribution is 2.09. The number of allylic oxidation sites excluding steroid dienone is 9. The van der Waals surface area contributed by atoms with Crippen molar-refractivity contribution < 1.29 is 9.53 Å². The summed E-state index contributed by atoms with van der Waals surface area (Å²) in [5.74, 6) is -0.0653. The van der Waals surface area contributed by atoms with E-state index < -0.39 is 0 Å². The van der Waals surface area contributed by atoms with Crippen LogP contribution in [0.1, 0.15) is 105 Å². The molecule has 0 aromatic carbocycles. The highest BCUT2D eigenvalue weighted by Gasteiger charge is 2.01. The second-order valence-corrected chi connectivity index (χ2v) is 8.15. The van der Waals surface area contributed by atoms with Gasteiger partial charge in [-0.05, 0) is 78.2 Å². The van der Waals surface area contributed by atoms with Crippen LogP contribution in [-0.2, 0) is 9.53 Å². The van der Waals surface area contributed by atoms with Crippen molar-refractivity contribution in [3.63, 3.8) is 0 Å². The van der Waals surface area contributed by atoms with Crippen LogP contribution in [0.4, 0.5) is 0 Å². The van der Waals surface area contributed by atoms with Crippen molar-refractivity contribution in [2.75, 3.05) is 6.61 Å². The summed E-state index contributed by atoms with van der Waals surface area (Å²) in [4.78, 5) is 11.8. The third-order valence-corrected chi connectivity index (χ3v) is 4.80. The molecule has 0 spiro atoms. The number of hydrogen-bond donors (Lipinski definition) is 0. The zero-order valence-electron chi connectivity index (χ0n) is 20.1. The van der Waals surface area contributed by atoms with Gasteiger partial charge >= 0.3 is 5.97 Å². The molecule has 0 amide bonds. The van der Waals surface area contributed by atoms with E-state index in [4.69, 9.17) is 4.74 Å². The molecule has 0 aliphatic rings. The van der Waals surface area contributed by atoms with E-state index in [0.717, 1.165) is 51.4 Å². The Morgan fingerprint density at radius 3 is 2.03 bits per heavy atom. The van der Waals surface area contributed by atoms with Crippen LogP contribution in [-0.4, -0.2) is 12.6 Å².